The highest BCUT2D eigenvalue weighted by atomic mass is 16.6. The van der Waals surface area contributed by atoms with Crippen LogP contribution in [0, 0.1) is 10.1 Å². The molecule has 0 aliphatic rings. The maximum absolute atomic E-state index is 11.8. The van der Waals surface area contributed by atoms with Gasteiger partial charge in [0.2, 0.25) is 0 Å². The molecule has 7 nitrogen and oxygen atoms in total. The van der Waals surface area contributed by atoms with E-state index in [-0.39, 0.29) is 6.54 Å². The van der Waals surface area contributed by atoms with E-state index in [2.05, 4.69) is 4.98 Å². The quantitative estimate of drug-likeness (QED) is 0.636. The minimum atomic E-state index is -0.695. The van der Waals surface area contributed by atoms with Crippen molar-refractivity contribution < 1.29 is 4.92 Å². The van der Waals surface area contributed by atoms with Crippen LogP contribution in [0.4, 0.5) is 11.5 Å². The lowest BCUT2D eigenvalue weighted by Gasteiger charge is -2.05. The van der Waals surface area contributed by atoms with Crippen molar-refractivity contribution in [2.75, 3.05) is 5.73 Å². The normalized spacial score (nSPS) is 10.2. The zero-order chi connectivity index (χ0) is 13.1. The van der Waals surface area contributed by atoms with E-state index in [9.17, 15) is 14.9 Å². The predicted octanol–water partition coefficient (Wildman–Crippen LogP) is 0.782. The summed E-state index contributed by atoms with van der Waals surface area (Å²) >= 11 is 0. The molecule has 18 heavy (non-hydrogen) atoms. The van der Waals surface area contributed by atoms with Crippen molar-refractivity contribution in [3.05, 3.63) is 62.7 Å². The Hall–Kier alpha value is -2.70. The van der Waals surface area contributed by atoms with Gasteiger partial charge in [-0.3, -0.25) is 14.9 Å². The molecule has 2 rings (SSSR count). The molecule has 2 N–H and O–H groups in total. The second-order valence-electron chi connectivity index (χ2n) is 3.67. The molecule has 0 bridgehead atoms. The van der Waals surface area contributed by atoms with E-state index < -0.39 is 16.2 Å². The SMILES string of the molecule is Nc1cc(Cn2cccc([N+](=O)[O-])c2=O)ccn1. The first kappa shape index (κ1) is 11.8. The molecular weight excluding hydrogens is 236 g/mol. The Morgan fingerprint density at radius 2 is 2.22 bits per heavy atom. The van der Waals surface area contributed by atoms with E-state index in [1.54, 1.807) is 12.1 Å². The lowest BCUT2D eigenvalue weighted by Crippen LogP contribution is -2.22. The molecule has 0 amide bonds. The Bertz CT molecular complexity index is 651. The molecule has 0 aromatic carbocycles. The fourth-order valence-electron chi connectivity index (χ4n) is 1.58. The zero-order valence-corrected chi connectivity index (χ0v) is 9.31. The third-order valence-electron chi connectivity index (χ3n) is 2.40. The number of hydrogen-bond acceptors (Lipinski definition) is 5. The van der Waals surface area contributed by atoms with Gasteiger partial charge in [-0.1, -0.05) is 0 Å². The average molecular weight is 246 g/mol. The topological polar surface area (TPSA) is 104 Å². The van der Waals surface area contributed by atoms with Crippen molar-refractivity contribution in [3.8, 4) is 0 Å². The van der Waals surface area contributed by atoms with Crippen molar-refractivity contribution in [2.24, 2.45) is 0 Å². The third kappa shape index (κ3) is 2.34. The first-order chi connectivity index (χ1) is 8.58. The highest BCUT2D eigenvalue weighted by molar-refractivity contribution is 5.32. The fourth-order valence-corrected chi connectivity index (χ4v) is 1.58. The molecule has 0 atom stereocenters. The number of nitrogen functional groups attached to an aromatic ring is 1. The fraction of sp³-hybridized carbons (Fsp3) is 0.0909. The summed E-state index contributed by atoms with van der Waals surface area (Å²) in [6.07, 6.45) is 3.01. The molecule has 0 radical (unpaired) electrons. The van der Waals surface area contributed by atoms with E-state index >= 15 is 0 Å². The van der Waals surface area contributed by atoms with Crippen LogP contribution in [0.15, 0.2) is 41.5 Å². The summed E-state index contributed by atoms with van der Waals surface area (Å²) in [5, 5.41) is 10.6. The number of nitro groups is 1. The summed E-state index contributed by atoms with van der Waals surface area (Å²) in [5.41, 5.74) is 5.19. The molecule has 7 heteroatoms. The molecule has 2 aromatic rings. The molecule has 0 spiro atoms. The molecule has 2 aromatic heterocycles. The highest BCUT2D eigenvalue weighted by Gasteiger charge is 2.13. The van der Waals surface area contributed by atoms with Crippen LogP contribution < -0.4 is 11.3 Å². The van der Waals surface area contributed by atoms with Gasteiger partial charge in [-0.15, -0.1) is 0 Å². The van der Waals surface area contributed by atoms with Crippen LogP contribution in [0.5, 0.6) is 0 Å². The van der Waals surface area contributed by atoms with Gasteiger partial charge >= 0.3 is 11.2 Å². The minimum Gasteiger partial charge on any atom is -0.384 e. The van der Waals surface area contributed by atoms with Gasteiger partial charge in [-0.25, -0.2) is 4.98 Å². The first-order valence-electron chi connectivity index (χ1n) is 5.12. The van der Waals surface area contributed by atoms with Gasteiger partial charge in [0.15, 0.2) is 0 Å². The molecule has 0 fully saturated rings. The molecule has 92 valence electrons. The maximum Gasteiger partial charge on any atom is 0.334 e. The number of pyridine rings is 2. The number of anilines is 1. The van der Waals surface area contributed by atoms with Crippen LogP contribution in [-0.2, 0) is 6.54 Å². The Labute approximate surface area is 102 Å². The summed E-state index contributed by atoms with van der Waals surface area (Å²) in [4.78, 5) is 25.6. The van der Waals surface area contributed by atoms with E-state index in [0.29, 0.717) is 5.82 Å². The van der Waals surface area contributed by atoms with Crippen molar-refractivity contribution in [1.29, 1.82) is 0 Å². The second kappa shape index (κ2) is 4.66. The Morgan fingerprint density at radius 3 is 2.89 bits per heavy atom. The minimum absolute atomic E-state index is 0.216. The molecule has 0 saturated carbocycles. The van der Waals surface area contributed by atoms with Gasteiger partial charge in [-0.05, 0) is 23.8 Å². The smallest absolute Gasteiger partial charge is 0.334 e. The van der Waals surface area contributed by atoms with Crippen LogP contribution in [0.25, 0.3) is 0 Å². The van der Waals surface area contributed by atoms with Crippen LogP contribution >= 0.6 is 0 Å². The van der Waals surface area contributed by atoms with Crippen LogP contribution in [0.2, 0.25) is 0 Å². The summed E-state index contributed by atoms with van der Waals surface area (Å²) < 4.78 is 1.26. The number of hydrogen-bond donors (Lipinski definition) is 1. The van der Waals surface area contributed by atoms with Gasteiger partial charge < -0.3 is 10.3 Å². The molecule has 2 heterocycles. The summed E-state index contributed by atoms with van der Waals surface area (Å²) in [7, 11) is 0. The van der Waals surface area contributed by atoms with Crippen molar-refractivity contribution in [2.45, 2.75) is 6.54 Å². The lowest BCUT2D eigenvalue weighted by molar-refractivity contribution is -0.386. The number of aromatic nitrogens is 2. The van der Waals surface area contributed by atoms with Gasteiger partial charge in [0.1, 0.15) is 5.82 Å². The first-order valence-corrected chi connectivity index (χ1v) is 5.12. The monoisotopic (exact) mass is 246 g/mol. The van der Waals surface area contributed by atoms with E-state index in [1.807, 2.05) is 0 Å². The standard InChI is InChI=1S/C11H10N4O3/c12-10-6-8(3-4-13-10)7-14-5-1-2-9(11(14)16)15(17)18/h1-6H,7H2,(H2,12,13). The largest absolute Gasteiger partial charge is 0.384 e. The van der Waals surface area contributed by atoms with Crippen molar-refractivity contribution in [3.63, 3.8) is 0 Å². The lowest BCUT2D eigenvalue weighted by atomic mass is 10.2. The number of rotatable bonds is 3. The van der Waals surface area contributed by atoms with Crippen LogP contribution in [0.3, 0.4) is 0 Å². The maximum atomic E-state index is 11.8. The van der Waals surface area contributed by atoms with Crippen molar-refractivity contribution in [1.82, 2.24) is 9.55 Å². The van der Waals surface area contributed by atoms with Gasteiger partial charge in [0.25, 0.3) is 0 Å². The van der Waals surface area contributed by atoms with Crippen LogP contribution in [0.1, 0.15) is 5.56 Å². The van der Waals surface area contributed by atoms with Gasteiger partial charge in [0, 0.05) is 18.5 Å². The van der Waals surface area contributed by atoms with Gasteiger partial charge in [0.05, 0.1) is 11.5 Å². The zero-order valence-electron chi connectivity index (χ0n) is 9.31. The van der Waals surface area contributed by atoms with Crippen molar-refractivity contribution >= 4 is 11.5 Å². The van der Waals surface area contributed by atoms with Gasteiger partial charge in [-0.2, -0.15) is 0 Å². The van der Waals surface area contributed by atoms with E-state index in [0.717, 1.165) is 5.56 Å². The second-order valence-corrected chi connectivity index (χ2v) is 3.67. The highest BCUT2D eigenvalue weighted by Crippen LogP contribution is 2.06. The van der Waals surface area contributed by atoms with E-state index in [1.165, 1.54) is 29.1 Å². The summed E-state index contributed by atoms with van der Waals surface area (Å²) in [5.74, 6) is 0.339. The summed E-state index contributed by atoms with van der Waals surface area (Å²) in [6, 6.07) is 5.96. The van der Waals surface area contributed by atoms with E-state index in [4.69, 9.17) is 5.73 Å². The summed E-state index contributed by atoms with van der Waals surface area (Å²) in [6.45, 7) is 0.216. The number of nitrogens with two attached hydrogens (primary N) is 1. The third-order valence-corrected chi connectivity index (χ3v) is 2.40. The molecule has 0 unspecified atom stereocenters. The predicted molar refractivity (Wildman–Crippen MR) is 65.1 cm³/mol. The molecular formula is C11H10N4O3. The number of nitrogens with zero attached hydrogens (tertiary/aromatic N) is 3. The molecule has 0 saturated heterocycles. The Morgan fingerprint density at radius 1 is 1.44 bits per heavy atom. The Balaban J connectivity index is 2.38. The van der Waals surface area contributed by atoms with Crippen LogP contribution in [-0.4, -0.2) is 14.5 Å². The Kier molecular flexibility index (Phi) is 3.05. The average Bonchev–Trinajstić information content (AvgIpc) is 2.31. The molecule has 0 aliphatic heterocycles. The molecule has 0 aliphatic carbocycles.